The maximum Gasteiger partial charge on any atom is 0.317 e. The molecule has 4 rings (SSSR count). The summed E-state index contributed by atoms with van der Waals surface area (Å²) in [5.74, 6) is 0.396. The average molecular weight is 343 g/mol. The molecule has 1 N–H and O–H groups in total. The number of carbonyl (C=O) groups excluding carboxylic acids is 2. The van der Waals surface area contributed by atoms with Gasteiger partial charge in [0.2, 0.25) is 5.82 Å². The highest BCUT2D eigenvalue weighted by atomic mass is 16.2. The molecule has 0 bridgehead atoms. The van der Waals surface area contributed by atoms with E-state index in [4.69, 9.17) is 0 Å². The molecule has 2 aliphatic rings. The topological polar surface area (TPSA) is 95.7 Å². The van der Waals surface area contributed by atoms with E-state index in [2.05, 4.69) is 20.4 Å². The van der Waals surface area contributed by atoms with Crippen LogP contribution in [0.4, 0.5) is 4.79 Å². The van der Waals surface area contributed by atoms with Crippen molar-refractivity contribution in [3.8, 4) is 0 Å². The Morgan fingerprint density at radius 1 is 1.28 bits per heavy atom. The Hall–Kier alpha value is -2.71. The molecule has 4 heterocycles. The van der Waals surface area contributed by atoms with Crippen LogP contribution in [0.15, 0.2) is 6.07 Å². The second kappa shape index (κ2) is 5.98. The van der Waals surface area contributed by atoms with Crippen molar-refractivity contribution in [2.75, 3.05) is 26.2 Å². The minimum absolute atomic E-state index is 0.0412. The molecule has 0 saturated carbocycles. The molecule has 2 aromatic rings. The predicted molar refractivity (Wildman–Crippen MR) is 89.3 cm³/mol. The van der Waals surface area contributed by atoms with E-state index in [-0.39, 0.29) is 23.8 Å². The van der Waals surface area contributed by atoms with Crippen molar-refractivity contribution in [2.24, 2.45) is 0 Å². The SMILES string of the molecule is Cc1cc(C)n2nc(C(=O)N3CCCC(N4CCNC4=O)C3)nc2n1. The molecule has 0 aliphatic carbocycles. The molecule has 2 saturated heterocycles. The molecule has 2 fully saturated rings. The van der Waals surface area contributed by atoms with Gasteiger partial charge in [-0.3, -0.25) is 4.79 Å². The quantitative estimate of drug-likeness (QED) is 0.850. The van der Waals surface area contributed by atoms with Crippen molar-refractivity contribution in [2.45, 2.75) is 32.7 Å². The number of urea groups is 1. The molecule has 9 nitrogen and oxygen atoms in total. The molecule has 1 unspecified atom stereocenters. The normalized spacial score (nSPS) is 21.0. The van der Waals surface area contributed by atoms with E-state index in [0.29, 0.717) is 32.0 Å². The Morgan fingerprint density at radius 2 is 2.12 bits per heavy atom. The first kappa shape index (κ1) is 15.8. The summed E-state index contributed by atoms with van der Waals surface area (Å²) >= 11 is 0. The molecular weight excluding hydrogens is 322 g/mol. The zero-order valence-electron chi connectivity index (χ0n) is 14.4. The van der Waals surface area contributed by atoms with Gasteiger partial charge < -0.3 is 15.1 Å². The van der Waals surface area contributed by atoms with Gasteiger partial charge in [0.15, 0.2) is 0 Å². The van der Waals surface area contributed by atoms with Crippen LogP contribution in [-0.4, -0.2) is 73.5 Å². The number of rotatable bonds is 2. The van der Waals surface area contributed by atoms with Crippen LogP contribution >= 0.6 is 0 Å². The lowest BCUT2D eigenvalue weighted by molar-refractivity contribution is 0.0623. The number of aryl methyl sites for hydroxylation is 2. The first-order valence-electron chi connectivity index (χ1n) is 8.57. The van der Waals surface area contributed by atoms with Crippen LogP contribution in [0.5, 0.6) is 0 Å². The lowest BCUT2D eigenvalue weighted by atomic mass is 10.0. The summed E-state index contributed by atoms with van der Waals surface area (Å²) in [6.45, 7) is 6.34. The van der Waals surface area contributed by atoms with Crippen molar-refractivity contribution in [1.29, 1.82) is 0 Å². The number of hydrogen-bond donors (Lipinski definition) is 1. The Labute approximate surface area is 145 Å². The fourth-order valence-corrected chi connectivity index (χ4v) is 3.63. The van der Waals surface area contributed by atoms with Gasteiger partial charge in [0.25, 0.3) is 11.7 Å². The van der Waals surface area contributed by atoms with E-state index >= 15 is 0 Å². The highest BCUT2D eigenvalue weighted by molar-refractivity contribution is 5.91. The zero-order valence-corrected chi connectivity index (χ0v) is 14.4. The smallest absolute Gasteiger partial charge is 0.317 e. The molecule has 0 aromatic carbocycles. The highest BCUT2D eigenvalue weighted by Crippen LogP contribution is 2.19. The molecular formula is C16H21N7O2. The molecule has 25 heavy (non-hydrogen) atoms. The van der Waals surface area contributed by atoms with Crippen LogP contribution in [0.25, 0.3) is 5.78 Å². The van der Waals surface area contributed by atoms with Crippen molar-refractivity contribution in [1.82, 2.24) is 34.7 Å². The minimum atomic E-state index is -0.202. The Balaban J connectivity index is 1.56. The largest absolute Gasteiger partial charge is 0.336 e. The molecule has 3 amide bonds. The zero-order chi connectivity index (χ0) is 17.6. The third kappa shape index (κ3) is 2.79. The van der Waals surface area contributed by atoms with Crippen LogP contribution < -0.4 is 5.32 Å². The predicted octanol–water partition coefficient (Wildman–Crippen LogP) is 0.371. The first-order chi connectivity index (χ1) is 12.0. The summed E-state index contributed by atoms with van der Waals surface area (Å²) in [4.78, 5) is 36.9. The van der Waals surface area contributed by atoms with E-state index in [0.717, 1.165) is 24.2 Å². The van der Waals surface area contributed by atoms with Gasteiger partial charge in [0, 0.05) is 37.6 Å². The second-order valence-electron chi connectivity index (χ2n) is 6.66. The summed E-state index contributed by atoms with van der Waals surface area (Å²) in [7, 11) is 0. The van der Waals surface area contributed by atoms with Gasteiger partial charge in [-0.25, -0.2) is 14.3 Å². The number of likely N-dealkylation sites (tertiary alicyclic amines) is 1. The number of nitrogens with one attached hydrogen (secondary N) is 1. The number of nitrogens with zero attached hydrogens (tertiary/aromatic N) is 6. The van der Waals surface area contributed by atoms with Gasteiger partial charge >= 0.3 is 6.03 Å². The standard InChI is InChI=1S/C16H21N7O2/c1-10-8-11(2)23-15(18-10)19-13(20-23)14(24)21-6-3-4-12(9-21)22-7-5-17-16(22)25/h8,12H,3-7,9H2,1-2H3,(H,17,25). The summed E-state index contributed by atoms with van der Waals surface area (Å²) in [6, 6.07) is 1.92. The summed E-state index contributed by atoms with van der Waals surface area (Å²) in [5, 5.41) is 7.14. The lowest BCUT2D eigenvalue weighted by Gasteiger charge is -2.36. The Bertz CT molecular complexity index is 846. The molecule has 132 valence electrons. The van der Waals surface area contributed by atoms with Crippen molar-refractivity contribution >= 4 is 17.7 Å². The van der Waals surface area contributed by atoms with E-state index in [1.54, 1.807) is 9.42 Å². The Kier molecular flexibility index (Phi) is 3.78. The summed E-state index contributed by atoms with van der Waals surface area (Å²) in [6.07, 6.45) is 1.78. The maximum atomic E-state index is 12.8. The third-order valence-corrected chi connectivity index (χ3v) is 4.82. The second-order valence-corrected chi connectivity index (χ2v) is 6.66. The lowest BCUT2D eigenvalue weighted by Crippen LogP contribution is -2.50. The monoisotopic (exact) mass is 343 g/mol. The van der Waals surface area contributed by atoms with Crippen molar-refractivity contribution in [3.63, 3.8) is 0 Å². The average Bonchev–Trinajstić information content (AvgIpc) is 3.20. The molecule has 0 spiro atoms. The van der Waals surface area contributed by atoms with Crippen molar-refractivity contribution < 1.29 is 9.59 Å². The fourth-order valence-electron chi connectivity index (χ4n) is 3.63. The van der Waals surface area contributed by atoms with Gasteiger partial charge in [-0.15, -0.1) is 5.10 Å². The molecule has 0 radical (unpaired) electrons. The summed E-state index contributed by atoms with van der Waals surface area (Å²) < 4.78 is 1.59. The van der Waals surface area contributed by atoms with Gasteiger partial charge in [-0.1, -0.05) is 0 Å². The molecule has 2 aliphatic heterocycles. The van der Waals surface area contributed by atoms with E-state index in [1.165, 1.54) is 0 Å². The van der Waals surface area contributed by atoms with Gasteiger partial charge in [0.1, 0.15) is 0 Å². The van der Waals surface area contributed by atoms with E-state index in [1.807, 2.05) is 24.8 Å². The van der Waals surface area contributed by atoms with Gasteiger partial charge in [-0.05, 0) is 32.8 Å². The minimum Gasteiger partial charge on any atom is -0.336 e. The Morgan fingerprint density at radius 3 is 2.88 bits per heavy atom. The number of fused-ring (bicyclic) bond motifs is 1. The number of amides is 3. The number of hydrogen-bond acceptors (Lipinski definition) is 5. The van der Waals surface area contributed by atoms with Gasteiger partial charge in [-0.2, -0.15) is 4.98 Å². The van der Waals surface area contributed by atoms with Crippen LogP contribution in [0, 0.1) is 13.8 Å². The molecule has 2 aromatic heterocycles. The van der Waals surface area contributed by atoms with Crippen LogP contribution in [0.2, 0.25) is 0 Å². The maximum absolute atomic E-state index is 12.8. The fraction of sp³-hybridized carbons (Fsp3) is 0.562. The first-order valence-corrected chi connectivity index (χ1v) is 8.57. The van der Waals surface area contributed by atoms with E-state index < -0.39 is 0 Å². The molecule has 9 heteroatoms. The number of piperidine rings is 1. The van der Waals surface area contributed by atoms with Crippen LogP contribution in [0.1, 0.15) is 34.8 Å². The van der Waals surface area contributed by atoms with Crippen LogP contribution in [0.3, 0.4) is 0 Å². The highest BCUT2D eigenvalue weighted by Gasteiger charge is 2.34. The van der Waals surface area contributed by atoms with Gasteiger partial charge in [0.05, 0.1) is 6.04 Å². The number of aromatic nitrogens is 4. The van der Waals surface area contributed by atoms with E-state index in [9.17, 15) is 9.59 Å². The van der Waals surface area contributed by atoms with Crippen LogP contribution in [-0.2, 0) is 0 Å². The summed E-state index contributed by atoms with van der Waals surface area (Å²) in [5.41, 5.74) is 1.73. The molecule has 1 atom stereocenters. The third-order valence-electron chi connectivity index (χ3n) is 4.82. The number of carbonyl (C=O) groups is 2. The van der Waals surface area contributed by atoms with Crippen molar-refractivity contribution in [3.05, 3.63) is 23.3 Å².